The highest BCUT2D eigenvalue weighted by Crippen LogP contribution is 2.51. The van der Waals surface area contributed by atoms with E-state index in [4.69, 9.17) is 0 Å². The van der Waals surface area contributed by atoms with Gasteiger partial charge in [-0.15, -0.1) is 11.3 Å². The predicted molar refractivity (Wildman–Crippen MR) is 127 cm³/mol. The summed E-state index contributed by atoms with van der Waals surface area (Å²) in [6, 6.07) is 15.9. The van der Waals surface area contributed by atoms with Crippen LogP contribution in [-0.2, 0) is 16.4 Å². The number of rotatable bonds is 3. The number of para-hydroxylation sites is 1. The Balaban J connectivity index is 1.40. The molecule has 1 N–H and O–H groups in total. The zero-order valence-electron chi connectivity index (χ0n) is 17.3. The van der Waals surface area contributed by atoms with Gasteiger partial charge in [-0.3, -0.25) is 4.31 Å². The van der Waals surface area contributed by atoms with Gasteiger partial charge in [-0.25, -0.2) is 8.42 Å². The third-order valence-corrected chi connectivity index (χ3v) is 9.86. The van der Waals surface area contributed by atoms with Crippen molar-refractivity contribution in [2.45, 2.75) is 36.6 Å². The average molecular weight is 449 g/mol. The fraction of sp³-hybridized carbons (Fsp3) is 0.280. The molecule has 31 heavy (non-hydrogen) atoms. The van der Waals surface area contributed by atoms with E-state index in [1.54, 1.807) is 21.7 Å². The van der Waals surface area contributed by atoms with Crippen molar-refractivity contribution >= 4 is 32.7 Å². The number of anilines is 2. The van der Waals surface area contributed by atoms with Crippen LogP contribution in [-0.4, -0.2) is 15.0 Å². The topological polar surface area (TPSA) is 49.4 Å². The van der Waals surface area contributed by atoms with Crippen LogP contribution in [0.4, 0.5) is 11.4 Å². The summed E-state index contributed by atoms with van der Waals surface area (Å²) in [5.41, 5.74) is 5.37. The number of allylic oxidation sites excluding steroid dienone is 2. The minimum absolute atomic E-state index is 0.240. The molecule has 1 aromatic heterocycles. The summed E-state index contributed by atoms with van der Waals surface area (Å²) in [6.45, 7) is 2.67. The number of benzene rings is 2. The van der Waals surface area contributed by atoms with E-state index in [0.717, 1.165) is 35.3 Å². The first-order chi connectivity index (χ1) is 15.0. The van der Waals surface area contributed by atoms with Gasteiger partial charge in [0, 0.05) is 23.0 Å². The molecule has 0 fully saturated rings. The molecule has 6 heteroatoms. The van der Waals surface area contributed by atoms with Crippen molar-refractivity contribution in [3.63, 3.8) is 0 Å². The molecule has 3 atom stereocenters. The highest BCUT2D eigenvalue weighted by Gasteiger charge is 2.40. The van der Waals surface area contributed by atoms with Gasteiger partial charge in [0.05, 0.1) is 16.6 Å². The molecule has 0 bridgehead atoms. The van der Waals surface area contributed by atoms with Gasteiger partial charge in [-0.2, -0.15) is 0 Å². The summed E-state index contributed by atoms with van der Waals surface area (Å²) in [7, 11) is -3.59. The second-order valence-electron chi connectivity index (χ2n) is 8.65. The van der Waals surface area contributed by atoms with Crippen LogP contribution in [0, 0.1) is 12.8 Å². The summed E-state index contributed by atoms with van der Waals surface area (Å²) in [5.74, 6) is 0.652. The SMILES string of the molecule is Cc1ccsc1C1Nc2ccc(S(=O)(=O)N3CCc4ccccc43)cc2C2C=CCC21. The van der Waals surface area contributed by atoms with Crippen LogP contribution in [0.15, 0.2) is 71.0 Å². The zero-order chi connectivity index (χ0) is 21.2. The van der Waals surface area contributed by atoms with Gasteiger partial charge >= 0.3 is 0 Å². The van der Waals surface area contributed by atoms with Crippen molar-refractivity contribution in [1.29, 1.82) is 0 Å². The van der Waals surface area contributed by atoms with Crippen LogP contribution in [0.5, 0.6) is 0 Å². The minimum Gasteiger partial charge on any atom is -0.377 e. The summed E-state index contributed by atoms with van der Waals surface area (Å²) >= 11 is 1.80. The van der Waals surface area contributed by atoms with E-state index in [2.05, 4.69) is 35.8 Å². The highest BCUT2D eigenvalue weighted by atomic mass is 32.2. The van der Waals surface area contributed by atoms with Crippen LogP contribution >= 0.6 is 11.3 Å². The molecule has 3 aromatic rings. The normalized spacial score (nSPS) is 23.9. The lowest BCUT2D eigenvalue weighted by Crippen LogP contribution is -2.31. The van der Waals surface area contributed by atoms with Crippen LogP contribution in [0.25, 0.3) is 0 Å². The Morgan fingerprint density at radius 2 is 2.00 bits per heavy atom. The Labute approximate surface area is 187 Å². The Morgan fingerprint density at radius 1 is 1.13 bits per heavy atom. The second-order valence-corrected chi connectivity index (χ2v) is 11.5. The second kappa shape index (κ2) is 6.97. The minimum atomic E-state index is -3.59. The number of aryl methyl sites for hydroxylation is 1. The molecule has 0 radical (unpaired) electrons. The number of fused-ring (bicyclic) bond motifs is 4. The fourth-order valence-corrected chi connectivity index (χ4v) is 7.97. The van der Waals surface area contributed by atoms with Crippen molar-refractivity contribution in [2.75, 3.05) is 16.2 Å². The first-order valence-electron chi connectivity index (χ1n) is 10.8. The van der Waals surface area contributed by atoms with Crippen molar-refractivity contribution in [3.8, 4) is 0 Å². The molecule has 0 amide bonds. The van der Waals surface area contributed by atoms with Crippen LogP contribution < -0.4 is 9.62 Å². The molecular weight excluding hydrogens is 424 g/mol. The maximum atomic E-state index is 13.6. The molecule has 4 nitrogen and oxygen atoms in total. The highest BCUT2D eigenvalue weighted by molar-refractivity contribution is 7.92. The lowest BCUT2D eigenvalue weighted by Gasteiger charge is -2.37. The quantitative estimate of drug-likeness (QED) is 0.528. The van der Waals surface area contributed by atoms with E-state index < -0.39 is 10.0 Å². The summed E-state index contributed by atoms with van der Waals surface area (Å²) in [6.07, 6.45) is 6.29. The largest absolute Gasteiger partial charge is 0.377 e. The van der Waals surface area contributed by atoms with Gasteiger partial charge in [-0.05, 0) is 78.1 Å². The number of sulfonamides is 1. The average Bonchev–Trinajstić information content (AvgIpc) is 3.52. The monoisotopic (exact) mass is 448 g/mol. The number of nitrogens with zero attached hydrogens (tertiary/aromatic N) is 1. The van der Waals surface area contributed by atoms with E-state index in [1.807, 2.05) is 36.4 Å². The maximum Gasteiger partial charge on any atom is 0.264 e. The first kappa shape index (κ1) is 19.1. The Kier molecular flexibility index (Phi) is 4.30. The molecule has 0 saturated carbocycles. The fourth-order valence-electron chi connectivity index (χ4n) is 5.38. The lowest BCUT2D eigenvalue weighted by molar-refractivity contribution is 0.428. The van der Waals surface area contributed by atoms with Crippen molar-refractivity contribution < 1.29 is 8.42 Å². The van der Waals surface area contributed by atoms with E-state index >= 15 is 0 Å². The molecule has 1 aliphatic carbocycles. The zero-order valence-corrected chi connectivity index (χ0v) is 18.9. The molecule has 3 heterocycles. The van der Waals surface area contributed by atoms with Gasteiger partial charge < -0.3 is 5.32 Å². The number of hydrogen-bond acceptors (Lipinski definition) is 4. The molecular formula is C25H24N2O2S2. The maximum absolute atomic E-state index is 13.6. The van der Waals surface area contributed by atoms with Crippen molar-refractivity contribution in [3.05, 3.63) is 87.6 Å². The van der Waals surface area contributed by atoms with Gasteiger partial charge in [0.15, 0.2) is 0 Å². The summed E-state index contributed by atoms with van der Waals surface area (Å²) in [4.78, 5) is 1.77. The summed E-state index contributed by atoms with van der Waals surface area (Å²) < 4.78 is 28.7. The van der Waals surface area contributed by atoms with Crippen molar-refractivity contribution in [2.24, 2.45) is 5.92 Å². The lowest BCUT2D eigenvalue weighted by atomic mass is 9.78. The number of thiophene rings is 1. The van der Waals surface area contributed by atoms with Gasteiger partial charge in [-0.1, -0.05) is 30.4 Å². The third-order valence-electron chi connectivity index (χ3n) is 6.95. The Bertz CT molecular complexity index is 1310. The van der Waals surface area contributed by atoms with Crippen LogP contribution in [0.1, 0.15) is 39.9 Å². The molecule has 158 valence electrons. The number of nitrogens with one attached hydrogen (secondary N) is 1. The Hall–Kier alpha value is -2.57. The standard InChI is InChI=1S/C25H24N2O2S2/c1-16-12-14-30-25(16)24-20-7-4-6-19(20)21-15-18(9-10-22(21)26-24)31(28,29)27-13-11-17-5-2-3-8-23(17)27/h2-6,8-10,12,14-15,19-20,24,26H,7,11,13H2,1H3. The van der Waals surface area contributed by atoms with E-state index in [9.17, 15) is 8.42 Å². The summed E-state index contributed by atoms with van der Waals surface area (Å²) in [5, 5.41) is 5.89. The molecule has 3 unspecified atom stereocenters. The van der Waals surface area contributed by atoms with Gasteiger partial charge in [0.2, 0.25) is 0 Å². The van der Waals surface area contributed by atoms with Crippen LogP contribution in [0.3, 0.4) is 0 Å². The first-order valence-corrected chi connectivity index (χ1v) is 13.1. The van der Waals surface area contributed by atoms with E-state index in [1.165, 1.54) is 10.4 Å². The molecule has 2 aliphatic heterocycles. The van der Waals surface area contributed by atoms with E-state index in [-0.39, 0.29) is 12.0 Å². The molecule has 2 aromatic carbocycles. The Morgan fingerprint density at radius 3 is 2.84 bits per heavy atom. The van der Waals surface area contributed by atoms with Crippen LogP contribution in [0.2, 0.25) is 0 Å². The predicted octanol–water partition coefficient (Wildman–Crippen LogP) is 5.63. The molecule has 3 aliphatic rings. The smallest absolute Gasteiger partial charge is 0.264 e. The van der Waals surface area contributed by atoms with Crippen molar-refractivity contribution in [1.82, 2.24) is 0 Å². The molecule has 6 rings (SSSR count). The van der Waals surface area contributed by atoms with Gasteiger partial charge in [0.25, 0.3) is 10.0 Å². The molecule has 0 saturated heterocycles. The van der Waals surface area contributed by atoms with Gasteiger partial charge in [0.1, 0.15) is 0 Å². The third kappa shape index (κ3) is 2.88. The molecule has 0 spiro atoms. The van der Waals surface area contributed by atoms with E-state index in [0.29, 0.717) is 17.4 Å². The number of hydrogen-bond donors (Lipinski definition) is 1.